The molecule has 2 aromatic heterocycles. The number of nitrogens with one attached hydrogen (secondary N) is 1. The van der Waals surface area contributed by atoms with Gasteiger partial charge in [0.2, 0.25) is 0 Å². The Bertz CT molecular complexity index is 505. The van der Waals surface area contributed by atoms with Crippen LogP contribution in [0, 0.1) is 0 Å². The Hall–Kier alpha value is -1.26. The molecular weight excluding hydrogens is 254 g/mol. The lowest BCUT2D eigenvalue weighted by Crippen LogP contribution is -2.21. The Balaban J connectivity index is 2.10. The summed E-state index contributed by atoms with van der Waals surface area (Å²) in [4.78, 5) is 10.3. The Labute approximate surface area is 119 Å². The maximum Gasteiger partial charge on any atom is 0.0976 e. The van der Waals surface area contributed by atoms with Gasteiger partial charge in [-0.3, -0.25) is 4.98 Å². The first-order valence-corrected chi connectivity index (χ1v) is 7.60. The monoisotopic (exact) mass is 275 g/mol. The van der Waals surface area contributed by atoms with Crippen LogP contribution in [0.3, 0.4) is 0 Å². The molecule has 0 radical (unpaired) electrons. The zero-order valence-electron chi connectivity index (χ0n) is 11.8. The van der Waals surface area contributed by atoms with Gasteiger partial charge in [0.1, 0.15) is 0 Å². The van der Waals surface area contributed by atoms with Crippen molar-refractivity contribution in [3.63, 3.8) is 0 Å². The van der Waals surface area contributed by atoms with Crippen LogP contribution in [0.5, 0.6) is 0 Å². The van der Waals surface area contributed by atoms with Crippen molar-refractivity contribution in [2.24, 2.45) is 0 Å². The van der Waals surface area contributed by atoms with Crippen molar-refractivity contribution in [2.45, 2.75) is 46.2 Å². The van der Waals surface area contributed by atoms with Gasteiger partial charge in [-0.05, 0) is 18.1 Å². The Morgan fingerprint density at radius 3 is 2.84 bits per heavy atom. The summed E-state index contributed by atoms with van der Waals surface area (Å²) in [6.45, 7) is 7.43. The molecular formula is C15H21N3S. The highest BCUT2D eigenvalue weighted by Crippen LogP contribution is 2.21. The average molecular weight is 275 g/mol. The van der Waals surface area contributed by atoms with Crippen LogP contribution in [0.2, 0.25) is 0 Å². The molecule has 0 saturated heterocycles. The number of hydrogen-bond donors (Lipinski definition) is 1. The van der Waals surface area contributed by atoms with Crippen LogP contribution < -0.4 is 5.32 Å². The van der Waals surface area contributed by atoms with Crippen molar-refractivity contribution in [3.8, 4) is 0 Å². The molecule has 0 aliphatic heterocycles. The maximum atomic E-state index is 4.75. The van der Waals surface area contributed by atoms with E-state index in [9.17, 15) is 0 Å². The summed E-state index contributed by atoms with van der Waals surface area (Å²) in [5.41, 5.74) is 2.46. The van der Waals surface area contributed by atoms with Crippen molar-refractivity contribution < 1.29 is 0 Å². The van der Waals surface area contributed by atoms with Crippen LogP contribution in [-0.2, 0) is 19.4 Å². The molecule has 19 heavy (non-hydrogen) atoms. The first kappa shape index (κ1) is 14.2. The summed E-state index contributed by atoms with van der Waals surface area (Å²) in [7, 11) is 0. The number of rotatable bonds is 6. The van der Waals surface area contributed by atoms with E-state index < -0.39 is 0 Å². The van der Waals surface area contributed by atoms with Crippen LogP contribution >= 0.6 is 11.3 Å². The molecule has 0 fully saturated rings. The van der Waals surface area contributed by atoms with E-state index in [2.05, 4.69) is 37.1 Å². The second-order valence-corrected chi connectivity index (χ2v) is 6.07. The van der Waals surface area contributed by atoms with Crippen LogP contribution in [0.4, 0.5) is 0 Å². The third-order valence-corrected chi connectivity index (χ3v) is 4.00. The zero-order chi connectivity index (χ0) is 13.7. The Kier molecular flexibility index (Phi) is 5.05. The molecule has 2 rings (SSSR count). The lowest BCUT2D eigenvalue weighted by molar-refractivity contribution is 0.590. The maximum absolute atomic E-state index is 4.75. The van der Waals surface area contributed by atoms with Gasteiger partial charge in [0.25, 0.3) is 0 Å². The molecule has 0 amide bonds. The van der Waals surface area contributed by atoms with Crippen LogP contribution in [0.15, 0.2) is 24.5 Å². The highest BCUT2D eigenvalue weighted by molar-refractivity contribution is 7.11. The highest BCUT2D eigenvalue weighted by Gasteiger charge is 2.10. The Morgan fingerprint density at radius 1 is 1.37 bits per heavy atom. The highest BCUT2D eigenvalue weighted by atomic mass is 32.1. The normalized spacial score (nSPS) is 11.2. The predicted octanol–water partition coefficient (Wildman–Crippen LogP) is 3.19. The van der Waals surface area contributed by atoms with E-state index in [1.807, 2.05) is 23.6 Å². The molecule has 0 aliphatic carbocycles. The molecule has 0 atom stereocenters. The first-order valence-electron chi connectivity index (χ1n) is 6.78. The summed E-state index contributed by atoms with van der Waals surface area (Å²) < 4.78 is 0. The van der Waals surface area contributed by atoms with Gasteiger partial charge in [0.05, 0.1) is 10.7 Å². The number of hydrogen-bond acceptors (Lipinski definition) is 4. The molecule has 0 spiro atoms. The second-order valence-electron chi connectivity index (χ2n) is 4.90. The zero-order valence-corrected chi connectivity index (χ0v) is 12.6. The summed E-state index contributed by atoms with van der Waals surface area (Å²) >= 11 is 1.82. The first-order chi connectivity index (χ1) is 9.19. The smallest absolute Gasteiger partial charge is 0.0976 e. The van der Waals surface area contributed by atoms with E-state index in [0.29, 0.717) is 6.04 Å². The van der Waals surface area contributed by atoms with Crippen LogP contribution in [0.1, 0.15) is 41.9 Å². The average Bonchev–Trinajstić information content (AvgIpc) is 2.79. The van der Waals surface area contributed by atoms with E-state index in [1.165, 1.54) is 21.1 Å². The fourth-order valence-corrected chi connectivity index (χ4v) is 3.04. The van der Waals surface area contributed by atoms with Gasteiger partial charge in [0, 0.05) is 36.3 Å². The van der Waals surface area contributed by atoms with Gasteiger partial charge >= 0.3 is 0 Å². The van der Waals surface area contributed by atoms with Gasteiger partial charge in [-0.15, -0.1) is 11.3 Å². The molecule has 2 heterocycles. The minimum absolute atomic E-state index is 0.508. The van der Waals surface area contributed by atoms with Gasteiger partial charge in [-0.25, -0.2) is 4.98 Å². The van der Waals surface area contributed by atoms with E-state index in [0.717, 1.165) is 19.4 Å². The lowest BCUT2D eigenvalue weighted by Gasteiger charge is -2.06. The molecule has 0 saturated carbocycles. The van der Waals surface area contributed by atoms with Gasteiger partial charge in [0.15, 0.2) is 0 Å². The summed E-state index contributed by atoms with van der Waals surface area (Å²) in [5, 5.41) is 4.66. The minimum Gasteiger partial charge on any atom is -0.310 e. The van der Waals surface area contributed by atoms with Gasteiger partial charge < -0.3 is 5.32 Å². The summed E-state index contributed by atoms with van der Waals surface area (Å²) in [5.74, 6) is 0. The van der Waals surface area contributed by atoms with Crippen molar-refractivity contribution >= 4 is 11.3 Å². The topological polar surface area (TPSA) is 37.8 Å². The number of aryl methyl sites for hydroxylation is 1. The SMILES string of the molecule is CCc1nc(Cc2cccnc2)sc1CNC(C)C. The number of aromatic nitrogens is 2. The molecule has 0 aliphatic rings. The molecule has 0 unspecified atom stereocenters. The van der Waals surface area contributed by atoms with E-state index in [1.54, 1.807) is 6.20 Å². The number of nitrogens with zero attached hydrogens (tertiary/aromatic N) is 2. The molecule has 4 heteroatoms. The summed E-state index contributed by atoms with van der Waals surface area (Å²) in [6.07, 6.45) is 5.60. The van der Waals surface area contributed by atoms with Crippen LogP contribution in [0.25, 0.3) is 0 Å². The quantitative estimate of drug-likeness (QED) is 0.880. The van der Waals surface area contributed by atoms with E-state index in [-0.39, 0.29) is 0 Å². The van der Waals surface area contributed by atoms with E-state index in [4.69, 9.17) is 4.98 Å². The van der Waals surface area contributed by atoms with Gasteiger partial charge in [-0.1, -0.05) is 26.8 Å². The predicted molar refractivity (Wildman–Crippen MR) is 80.5 cm³/mol. The number of pyridine rings is 1. The van der Waals surface area contributed by atoms with Crippen molar-refractivity contribution in [1.29, 1.82) is 0 Å². The molecule has 102 valence electrons. The van der Waals surface area contributed by atoms with Crippen LogP contribution in [-0.4, -0.2) is 16.0 Å². The van der Waals surface area contributed by atoms with Crippen molar-refractivity contribution in [1.82, 2.24) is 15.3 Å². The lowest BCUT2D eigenvalue weighted by atomic mass is 10.2. The van der Waals surface area contributed by atoms with Crippen molar-refractivity contribution in [3.05, 3.63) is 45.7 Å². The molecule has 3 nitrogen and oxygen atoms in total. The summed E-state index contributed by atoms with van der Waals surface area (Å²) in [6, 6.07) is 4.59. The molecule has 2 aromatic rings. The van der Waals surface area contributed by atoms with Crippen molar-refractivity contribution in [2.75, 3.05) is 0 Å². The standard InChI is InChI=1S/C15H21N3S/c1-4-13-14(10-17-11(2)3)19-15(18-13)8-12-6-5-7-16-9-12/h5-7,9,11,17H,4,8,10H2,1-3H3. The van der Waals surface area contributed by atoms with Gasteiger partial charge in [-0.2, -0.15) is 0 Å². The largest absolute Gasteiger partial charge is 0.310 e. The fraction of sp³-hybridized carbons (Fsp3) is 0.467. The third-order valence-electron chi connectivity index (χ3n) is 2.91. The van der Waals surface area contributed by atoms with E-state index >= 15 is 0 Å². The second kappa shape index (κ2) is 6.78. The Morgan fingerprint density at radius 2 is 2.21 bits per heavy atom. The minimum atomic E-state index is 0.508. The third kappa shape index (κ3) is 4.11. The fourth-order valence-electron chi connectivity index (χ4n) is 1.90. The molecule has 1 N–H and O–H groups in total. The molecule has 0 bridgehead atoms. The number of thiazole rings is 1. The molecule has 0 aromatic carbocycles.